The van der Waals surface area contributed by atoms with Gasteiger partial charge in [0.25, 0.3) is 5.91 Å². The second-order valence-corrected chi connectivity index (χ2v) is 3.26. The second kappa shape index (κ2) is 6.07. The van der Waals surface area contributed by atoms with Gasteiger partial charge in [-0.1, -0.05) is 12.1 Å². The first-order valence-electron chi connectivity index (χ1n) is 4.87. The van der Waals surface area contributed by atoms with E-state index in [0.29, 0.717) is 0 Å². The van der Waals surface area contributed by atoms with Gasteiger partial charge in [-0.15, -0.1) is 0 Å². The summed E-state index contributed by atoms with van der Waals surface area (Å²) in [6.45, 7) is -0.112. The van der Waals surface area contributed by atoms with Crippen molar-refractivity contribution >= 4 is 5.91 Å². The lowest BCUT2D eigenvalue weighted by atomic mass is 10.3. The first-order valence-corrected chi connectivity index (χ1v) is 4.87. The fraction of sp³-hybridized carbons (Fsp3) is 0.364. The van der Waals surface area contributed by atoms with E-state index in [1.807, 2.05) is 0 Å². The summed E-state index contributed by atoms with van der Waals surface area (Å²) >= 11 is 0. The summed E-state index contributed by atoms with van der Waals surface area (Å²) in [7, 11) is 1.54. The Bertz CT molecular complexity index is 357. The van der Waals surface area contributed by atoms with Crippen molar-refractivity contribution in [2.75, 3.05) is 26.8 Å². The van der Waals surface area contributed by atoms with Gasteiger partial charge in [-0.3, -0.25) is 4.79 Å². The number of aliphatic hydroxyl groups excluding tert-OH is 1. The molecule has 16 heavy (non-hydrogen) atoms. The van der Waals surface area contributed by atoms with Gasteiger partial charge in [0, 0.05) is 13.6 Å². The van der Waals surface area contributed by atoms with Gasteiger partial charge < -0.3 is 14.7 Å². The quantitative estimate of drug-likeness (QED) is 0.803. The lowest BCUT2D eigenvalue weighted by Crippen LogP contribution is -2.33. The van der Waals surface area contributed by atoms with Crippen molar-refractivity contribution in [3.63, 3.8) is 0 Å². The van der Waals surface area contributed by atoms with E-state index in [4.69, 9.17) is 9.84 Å². The molecule has 1 amide bonds. The molecule has 0 bridgehead atoms. The molecule has 4 nitrogen and oxygen atoms in total. The Labute approximate surface area is 93.3 Å². The number of ether oxygens (including phenoxy) is 1. The van der Waals surface area contributed by atoms with Crippen molar-refractivity contribution < 1.29 is 19.0 Å². The van der Waals surface area contributed by atoms with Crippen molar-refractivity contribution in [2.24, 2.45) is 0 Å². The third kappa shape index (κ3) is 3.51. The molecule has 0 aliphatic carbocycles. The molecule has 0 aliphatic rings. The third-order valence-electron chi connectivity index (χ3n) is 2.05. The zero-order chi connectivity index (χ0) is 12.0. The largest absolute Gasteiger partial charge is 0.481 e. The highest BCUT2D eigenvalue weighted by Crippen LogP contribution is 2.15. The monoisotopic (exact) mass is 227 g/mol. The number of hydrogen-bond donors (Lipinski definition) is 1. The van der Waals surface area contributed by atoms with Crippen molar-refractivity contribution in [3.05, 3.63) is 30.1 Å². The standard InChI is InChI=1S/C11H14FNO3/c1-13(6-7-14)11(15)8-16-10-5-3-2-4-9(10)12/h2-5,14H,6-8H2,1H3. The summed E-state index contributed by atoms with van der Waals surface area (Å²) in [6.07, 6.45) is 0. The molecule has 1 aromatic rings. The molecule has 0 aliphatic heterocycles. The van der Waals surface area contributed by atoms with Crippen molar-refractivity contribution in [3.8, 4) is 5.75 Å². The predicted octanol–water partition coefficient (Wildman–Crippen LogP) is 0.655. The van der Waals surface area contributed by atoms with Crippen LogP contribution in [0.5, 0.6) is 5.75 Å². The normalized spacial score (nSPS) is 9.94. The van der Waals surface area contributed by atoms with Gasteiger partial charge in [-0.25, -0.2) is 4.39 Å². The Morgan fingerprint density at radius 3 is 2.81 bits per heavy atom. The molecule has 1 N–H and O–H groups in total. The summed E-state index contributed by atoms with van der Waals surface area (Å²) in [4.78, 5) is 12.7. The van der Waals surface area contributed by atoms with Crippen LogP contribution in [0.2, 0.25) is 0 Å². The van der Waals surface area contributed by atoms with Gasteiger partial charge >= 0.3 is 0 Å². The average molecular weight is 227 g/mol. The molecule has 0 heterocycles. The molecule has 0 atom stereocenters. The molecule has 88 valence electrons. The summed E-state index contributed by atoms with van der Waals surface area (Å²) in [6, 6.07) is 5.88. The van der Waals surface area contributed by atoms with Gasteiger partial charge in [0.1, 0.15) is 0 Å². The van der Waals surface area contributed by atoms with Gasteiger partial charge in [0.2, 0.25) is 0 Å². The minimum atomic E-state index is -0.500. The minimum Gasteiger partial charge on any atom is -0.481 e. The van der Waals surface area contributed by atoms with Crippen LogP contribution in [0.4, 0.5) is 4.39 Å². The Hall–Kier alpha value is -1.62. The Morgan fingerprint density at radius 1 is 1.50 bits per heavy atom. The zero-order valence-electron chi connectivity index (χ0n) is 9.02. The van der Waals surface area contributed by atoms with Crippen LogP contribution in [0.15, 0.2) is 24.3 Å². The molecular weight excluding hydrogens is 213 g/mol. The number of carbonyl (C=O) groups excluding carboxylic acids is 1. The lowest BCUT2D eigenvalue weighted by Gasteiger charge is -2.15. The summed E-state index contributed by atoms with van der Waals surface area (Å²) in [5, 5.41) is 8.62. The van der Waals surface area contributed by atoms with Crippen molar-refractivity contribution in [1.29, 1.82) is 0 Å². The van der Waals surface area contributed by atoms with Gasteiger partial charge in [0.05, 0.1) is 6.61 Å². The van der Waals surface area contributed by atoms with E-state index in [1.165, 1.54) is 17.0 Å². The number of amides is 1. The maximum absolute atomic E-state index is 13.1. The van der Waals surface area contributed by atoms with E-state index in [1.54, 1.807) is 19.2 Å². The van der Waals surface area contributed by atoms with Crippen LogP contribution in [0.25, 0.3) is 0 Å². The lowest BCUT2D eigenvalue weighted by molar-refractivity contribution is -0.132. The maximum Gasteiger partial charge on any atom is 0.260 e. The number of carbonyl (C=O) groups is 1. The molecule has 5 heteroatoms. The molecule has 0 aromatic heterocycles. The zero-order valence-corrected chi connectivity index (χ0v) is 9.02. The Balaban J connectivity index is 2.46. The maximum atomic E-state index is 13.1. The predicted molar refractivity (Wildman–Crippen MR) is 56.6 cm³/mol. The highest BCUT2D eigenvalue weighted by molar-refractivity contribution is 5.77. The number of likely N-dealkylation sites (N-methyl/N-ethyl adjacent to an activating group) is 1. The van der Waals surface area contributed by atoms with E-state index in [2.05, 4.69) is 0 Å². The Morgan fingerprint density at radius 2 is 2.19 bits per heavy atom. The molecule has 1 aromatic carbocycles. The fourth-order valence-electron chi connectivity index (χ4n) is 1.09. The molecule has 0 spiro atoms. The molecule has 0 radical (unpaired) electrons. The smallest absolute Gasteiger partial charge is 0.260 e. The van der Waals surface area contributed by atoms with Crippen LogP contribution in [-0.2, 0) is 4.79 Å². The molecule has 0 saturated heterocycles. The summed E-state index contributed by atoms with van der Waals surface area (Å²) in [5.74, 6) is -0.759. The molecule has 0 fully saturated rings. The van der Waals surface area contributed by atoms with E-state index < -0.39 is 5.82 Å². The minimum absolute atomic E-state index is 0.0493. The number of benzene rings is 1. The third-order valence-corrected chi connectivity index (χ3v) is 2.05. The van der Waals surface area contributed by atoms with E-state index in [-0.39, 0.29) is 31.4 Å². The van der Waals surface area contributed by atoms with Crippen LogP contribution < -0.4 is 4.74 Å². The number of halogens is 1. The highest BCUT2D eigenvalue weighted by atomic mass is 19.1. The average Bonchev–Trinajstić information content (AvgIpc) is 2.28. The van der Waals surface area contributed by atoms with Gasteiger partial charge in [-0.2, -0.15) is 0 Å². The number of para-hydroxylation sites is 1. The van der Waals surface area contributed by atoms with E-state index >= 15 is 0 Å². The number of nitrogens with zero attached hydrogens (tertiary/aromatic N) is 1. The topological polar surface area (TPSA) is 49.8 Å². The number of hydrogen-bond acceptors (Lipinski definition) is 3. The number of aliphatic hydroxyl groups is 1. The molecular formula is C11H14FNO3. The summed E-state index contributed by atoms with van der Waals surface area (Å²) < 4.78 is 18.1. The van der Waals surface area contributed by atoms with Crippen molar-refractivity contribution in [2.45, 2.75) is 0 Å². The molecule has 0 unspecified atom stereocenters. The van der Waals surface area contributed by atoms with Crippen molar-refractivity contribution in [1.82, 2.24) is 4.90 Å². The van der Waals surface area contributed by atoms with Crippen LogP contribution in [0.3, 0.4) is 0 Å². The van der Waals surface area contributed by atoms with E-state index in [0.717, 1.165) is 0 Å². The highest BCUT2D eigenvalue weighted by Gasteiger charge is 2.10. The molecule has 0 saturated carbocycles. The first-order chi connectivity index (χ1) is 7.65. The number of rotatable bonds is 5. The van der Waals surface area contributed by atoms with Crippen LogP contribution in [0.1, 0.15) is 0 Å². The fourth-order valence-corrected chi connectivity index (χ4v) is 1.09. The van der Waals surface area contributed by atoms with Gasteiger partial charge in [0.15, 0.2) is 18.2 Å². The van der Waals surface area contributed by atoms with Crippen LogP contribution >= 0.6 is 0 Å². The molecule has 1 rings (SSSR count). The van der Waals surface area contributed by atoms with Crippen LogP contribution in [-0.4, -0.2) is 42.7 Å². The second-order valence-electron chi connectivity index (χ2n) is 3.26. The SMILES string of the molecule is CN(CCO)C(=O)COc1ccccc1F. The Kier molecular flexibility index (Phi) is 4.72. The van der Waals surface area contributed by atoms with E-state index in [9.17, 15) is 9.18 Å². The van der Waals surface area contributed by atoms with Gasteiger partial charge in [-0.05, 0) is 12.1 Å². The first kappa shape index (κ1) is 12.4. The summed E-state index contributed by atoms with van der Waals surface area (Å²) in [5.41, 5.74) is 0. The van der Waals surface area contributed by atoms with Crippen LogP contribution in [0, 0.1) is 5.82 Å².